The van der Waals surface area contributed by atoms with Crippen molar-refractivity contribution in [1.82, 2.24) is 0 Å². The second-order valence-corrected chi connectivity index (χ2v) is 18.8. The van der Waals surface area contributed by atoms with E-state index in [-0.39, 0.29) is 6.71 Å². The van der Waals surface area contributed by atoms with E-state index in [0.29, 0.717) is 17.8 Å². The van der Waals surface area contributed by atoms with Gasteiger partial charge in [-0.3, -0.25) is 0 Å². The molecule has 68 heavy (non-hydrogen) atoms. The third-order valence-corrected chi connectivity index (χ3v) is 13.2. The molecule has 0 radical (unpaired) electrons. The summed E-state index contributed by atoms with van der Waals surface area (Å²) in [5, 5.41) is 0. The lowest BCUT2D eigenvalue weighted by atomic mass is 9.34. The first-order valence-corrected chi connectivity index (χ1v) is 24.1. The molecule has 0 saturated heterocycles. The molecule has 0 bridgehead atoms. The molecule has 1 aliphatic rings. The van der Waals surface area contributed by atoms with Gasteiger partial charge in [-0.05, 0) is 136 Å². The number of nitrogens with zero attached hydrogens (tertiary/aromatic N) is 3. The lowest BCUT2D eigenvalue weighted by Crippen LogP contribution is -2.57. The van der Waals surface area contributed by atoms with Crippen LogP contribution in [0.4, 0.5) is 51.2 Å². The van der Waals surface area contributed by atoms with Crippen LogP contribution in [0.3, 0.4) is 0 Å². The van der Waals surface area contributed by atoms with Gasteiger partial charge in [-0.2, -0.15) is 0 Å². The van der Waals surface area contributed by atoms with Gasteiger partial charge in [-0.25, -0.2) is 0 Å². The molecule has 0 N–H and O–H groups in total. The van der Waals surface area contributed by atoms with Gasteiger partial charge < -0.3 is 19.4 Å². The predicted molar refractivity (Wildman–Crippen MR) is 290 cm³/mol. The molecule has 334 valence electrons. The van der Waals surface area contributed by atoms with Gasteiger partial charge in [0.15, 0.2) is 0 Å². The number of rotatable bonds is 13. The fraction of sp³-hybridized carbons (Fsp3) is 0.143. The number of fused-ring (bicyclic) bond motifs is 2. The smallest absolute Gasteiger partial charge is 0.251 e. The van der Waals surface area contributed by atoms with Gasteiger partial charge in [0.1, 0.15) is 11.5 Å². The summed E-state index contributed by atoms with van der Waals surface area (Å²) in [5.74, 6) is 2.88. The van der Waals surface area contributed by atoms with Gasteiger partial charge in [-0.1, -0.05) is 174 Å². The minimum atomic E-state index is -0.00396. The molecule has 0 fully saturated rings. The summed E-state index contributed by atoms with van der Waals surface area (Å²) in [4.78, 5) is 7.08. The summed E-state index contributed by atoms with van der Waals surface area (Å²) in [6.45, 7) is 14.0. The Labute approximate surface area is 403 Å². The molecule has 0 saturated carbocycles. The molecule has 10 rings (SSSR count). The topological polar surface area (TPSA) is 19.0 Å². The second kappa shape index (κ2) is 19.2. The third kappa shape index (κ3) is 8.69. The summed E-state index contributed by atoms with van der Waals surface area (Å²) in [7, 11) is 0. The van der Waals surface area contributed by atoms with Crippen molar-refractivity contribution < 1.29 is 4.74 Å². The Morgan fingerprint density at radius 1 is 0.309 bits per heavy atom. The van der Waals surface area contributed by atoms with E-state index in [2.05, 4.69) is 281 Å². The molecule has 0 spiro atoms. The maximum Gasteiger partial charge on any atom is 0.251 e. The minimum absolute atomic E-state index is 0.00396. The van der Waals surface area contributed by atoms with Crippen molar-refractivity contribution in [3.05, 3.63) is 241 Å². The number of ether oxygens (including phenoxy) is 1. The zero-order chi connectivity index (χ0) is 46.7. The summed E-state index contributed by atoms with van der Waals surface area (Å²) in [5.41, 5.74) is 17.3. The van der Waals surface area contributed by atoms with Crippen LogP contribution >= 0.6 is 0 Å². The molecule has 0 atom stereocenters. The van der Waals surface area contributed by atoms with Gasteiger partial charge in [0.2, 0.25) is 0 Å². The molecular formula is C63H58BN3O. The largest absolute Gasteiger partial charge is 0.458 e. The highest BCUT2D eigenvalue weighted by Crippen LogP contribution is 2.46. The Morgan fingerprint density at radius 3 is 1.04 bits per heavy atom. The molecule has 1 heterocycles. The van der Waals surface area contributed by atoms with E-state index in [1.807, 2.05) is 0 Å². The molecule has 0 unspecified atom stereocenters. The molecular weight excluding hydrogens is 826 g/mol. The third-order valence-electron chi connectivity index (χ3n) is 13.2. The van der Waals surface area contributed by atoms with Crippen LogP contribution in [-0.4, -0.2) is 6.71 Å². The van der Waals surface area contributed by atoms with Crippen LogP contribution in [0.15, 0.2) is 224 Å². The summed E-state index contributed by atoms with van der Waals surface area (Å²) >= 11 is 0. The van der Waals surface area contributed by atoms with E-state index in [1.54, 1.807) is 0 Å². The highest BCUT2D eigenvalue weighted by Gasteiger charge is 2.37. The van der Waals surface area contributed by atoms with Crippen molar-refractivity contribution in [3.8, 4) is 11.5 Å². The highest BCUT2D eigenvalue weighted by atomic mass is 16.5. The van der Waals surface area contributed by atoms with Crippen LogP contribution in [0.25, 0.3) is 0 Å². The molecule has 0 aliphatic carbocycles. The van der Waals surface area contributed by atoms with Crippen LogP contribution in [-0.2, 0) is 0 Å². The van der Waals surface area contributed by atoms with Gasteiger partial charge in [-0.15, -0.1) is 0 Å². The van der Waals surface area contributed by atoms with Crippen LogP contribution in [0.2, 0.25) is 0 Å². The SMILES string of the molecule is CC(C)c1cc(C(C)C)c(B2c3ccccc3Oc3cc(N(c4ccccc4)c4cc(N(c5ccccc5)c5ccccc5)cc(N(c5ccccc5)c5ccccc5)c4)ccc32)c(C(C)C)c1. The first kappa shape index (κ1) is 44.1. The standard InChI is InChI=1S/C63H58BN3O/c1-44(2)47-38-57(45(3)4)63(58(39-47)46(5)6)64-59-34-22-23-35-61(59)68-62-43-53(36-37-60(62)64)67(52-32-20-11-21-33-52)56-41-54(65(48-24-12-7-13-25-48)49-26-14-8-15-27-49)40-55(42-56)66(50-28-16-9-17-29-50)51-30-18-10-19-31-51/h7-46H,1-6H3. The molecule has 4 nitrogen and oxygen atoms in total. The van der Waals surface area contributed by atoms with E-state index in [0.717, 1.165) is 62.7 Å². The predicted octanol–water partition coefficient (Wildman–Crippen LogP) is 16.1. The average Bonchev–Trinajstić information content (AvgIpc) is 3.37. The van der Waals surface area contributed by atoms with Crippen molar-refractivity contribution in [2.45, 2.75) is 59.3 Å². The Balaban J connectivity index is 1.22. The first-order valence-electron chi connectivity index (χ1n) is 24.1. The molecule has 5 heteroatoms. The Bertz CT molecular complexity index is 2930. The van der Waals surface area contributed by atoms with Crippen molar-refractivity contribution >= 4 is 74.3 Å². The Hall–Kier alpha value is -7.76. The number of hydrogen-bond acceptors (Lipinski definition) is 4. The quantitative estimate of drug-likeness (QED) is 0.107. The monoisotopic (exact) mass is 883 g/mol. The first-order chi connectivity index (χ1) is 33.2. The van der Waals surface area contributed by atoms with E-state index >= 15 is 0 Å². The van der Waals surface area contributed by atoms with Gasteiger partial charge >= 0.3 is 0 Å². The number of hydrogen-bond donors (Lipinski definition) is 0. The number of benzene rings is 9. The fourth-order valence-electron chi connectivity index (χ4n) is 9.94. The zero-order valence-corrected chi connectivity index (χ0v) is 39.9. The highest BCUT2D eigenvalue weighted by molar-refractivity contribution is 6.97. The van der Waals surface area contributed by atoms with E-state index in [9.17, 15) is 0 Å². The molecule has 9 aromatic rings. The molecule has 1 aliphatic heterocycles. The fourth-order valence-corrected chi connectivity index (χ4v) is 9.94. The number of anilines is 9. The van der Waals surface area contributed by atoms with Crippen molar-refractivity contribution in [2.75, 3.05) is 14.7 Å². The summed E-state index contributed by atoms with van der Waals surface area (Å²) in [6.07, 6.45) is 0. The molecule has 0 aromatic heterocycles. The Kier molecular flexibility index (Phi) is 12.5. The maximum absolute atomic E-state index is 7.07. The lowest BCUT2D eigenvalue weighted by Gasteiger charge is -2.34. The van der Waals surface area contributed by atoms with Crippen molar-refractivity contribution in [2.24, 2.45) is 0 Å². The van der Waals surface area contributed by atoms with E-state index < -0.39 is 0 Å². The van der Waals surface area contributed by atoms with Gasteiger partial charge in [0, 0.05) is 40.2 Å². The van der Waals surface area contributed by atoms with Crippen molar-refractivity contribution in [3.63, 3.8) is 0 Å². The minimum Gasteiger partial charge on any atom is -0.458 e. The van der Waals surface area contributed by atoms with E-state index in [4.69, 9.17) is 4.74 Å². The maximum atomic E-state index is 7.07. The lowest BCUT2D eigenvalue weighted by molar-refractivity contribution is 0.487. The summed E-state index contributed by atoms with van der Waals surface area (Å²) < 4.78 is 7.07. The van der Waals surface area contributed by atoms with Crippen LogP contribution in [0.1, 0.15) is 76.0 Å². The van der Waals surface area contributed by atoms with Crippen LogP contribution in [0.5, 0.6) is 11.5 Å². The molecule has 0 amide bonds. The second-order valence-electron chi connectivity index (χ2n) is 18.8. The van der Waals surface area contributed by atoms with Crippen molar-refractivity contribution in [1.29, 1.82) is 0 Å². The van der Waals surface area contributed by atoms with Gasteiger partial charge in [0.25, 0.3) is 6.71 Å². The zero-order valence-electron chi connectivity index (χ0n) is 39.9. The van der Waals surface area contributed by atoms with Crippen LogP contribution in [0, 0.1) is 0 Å². The average molecular weight is 884 g/mol. The number of para-hydroxylation sites is 6. The van der Waals surface area contributed by atoms with E-state index in [1.165, 1.54) is 33.1 Å². The Morgan fingerprint density at radius 2 is 0.662 bits per heavy atom. The van der Waals surface area contributed by atoms with Gasteiger partial charge in [0.05, 0.1) is 17.1 Å². The molecule has 9 aromatic carbocycles. The summed E-state index contributed by atoms with van der Waals surface area (Å²) in [6, 6.07) is 80.8. The normalized spacial score (nSPS) is 11.9. The van der Waals surface area contributed by atoms with Crippen LogP contribution < -0.4 is 35.8 Å².